The first-order valence-electron chi connectivity index (χ1n) is 6.78. The van der Waals surface area contributed by atoms with Crippen LogP contribution in [0.1, 0.15) is 37.6 Å². The summed E-state index contributed by atoms with van der Waals surface area (Å²) in [6.07, 6.45) is 2.99. The summed E-state index contributed by atoms with van der Waals surface area (Å²) in [6.45, 7) is 4.60. The lowest BCUT2D eigenvalue weighted by Gasteiger charge is -2.11. The molecule has 0 saturated heterocycles. The molecular weight excluding hydrogens is 306 g/mol. The number of hydrogen-bond donors (Lipinski definition) is 1. The van der Waals surface area contributed by atoms with Crippen molar-refractivity contribution in [2.24, 2.45) is 5.73 Å². The highest BCUT2D eigenvalue weighted by molar-refractivity contribution is 7.80. The first kappa shape index (κ1) is 15.8. The molecule has 0 aliphatic heterocycles. The van der Waals surface area contributed by atoms with Crippen molar-refractivity contribution in [3.8, 4) is 5.75 Å². The fourth-order valence-electron chi connectivity index (χ4n) is 1.90. The molecule has 4 nitrogen and oxygen atoms in total. The third-order valence-electron chi connectivity index (χ3n) is 3.30. The zero-order valence-corrected chi connectivity index (χ0v) is 13.6. The number of halogens is 1. The van der Waals surface area contributed by atoms with Crippen molar-refractivity contribution >= 4 is 28.8 Å². The molecule has 112 valence electrons. The normalized spacial score (nSPS) is 12.1. The molecule has 0 aliphatic carbocycles. The van der Waals surface area contributed by atoms with Gasteiger partial charge in [0.1, 0.15) is 17.3 Å². The Hall–Kier alpha value is -1.59. The van der Waals surface area contributed by atoms with E-state index in [2.05, 4.69) is 18.9 Å². The van der Waals surface area contributed by atoms with E-state index in [1.165, 1.54) is 0 Å². The first-order valence-corrected chi connectivity index (χ1v) is 7.56. The molecule has 0 saturated carbocycles. The zero-order valence-electron chi connectivity index (χ0n) is 12.0. The molecule has 1 atom stereocenters. The molecule has 6 heteroatoms. The van der Waals surface area contributed by atoms with Gasteiger partial charge in [0.15, 0.2) is 0 Å². The average Bonchev–Trinajstić information content (AvgIpc) is 2.92. The average molecular weight is 324 g/mol. The maximum absolute atomic E-state index is 6.10. The minimum atomic E-state index is 0.223. The minimum Gasteiger partial charge on any atom is -0.486 e. The van der Waals surface area contributed by atoms with Crippen molar-refractivity contribution in [2.75, 3.05) is 0 Å². The Labute approximate surface area is 134 Å². The summed E-state index contributed by atoms with van der Waals surface area (Å²) >= 11 is 11.1. The summed E-state index contributed by atoms with van der Waals surface area (Å²) in [5.41, 5.74) is 7.11. The molecular formula is C15H18ClN3OS. The summed E-state index contributed by atoms with van der Waals surface area (Å²) in [5, 5.41) is 4.98. The molecule has 0 spiro atoms. The Morgan fingerprint density at radius 3 is 2.90 bits per heavy atom. The maximum Gasteiger partial charge on any atom is 0.132 e. The van der Waals surface area contributed by atoms with Crippen molar-refractivity contribution in [3.05, 3.63) is 46.7 Å². The summed E-state index contributed by atoms with van der Waals surface area (Å²) in [4.78, 5) is 0.223. The maximum atomic E-state index is 6.10. The van der Waals surface area contributed by atoms with Crippen LogP contribution in [0.4, 0.5) is 0 Å². The summed E-state index contributed by atoms with van der Waals surface area (Å²) in [7, 11) is 0. The third-order valence-corrected chi connectivity index (χ3v) is 3.82. The Bertz CT molecular complexity index is 642. The van der Waals surface area contributed by atoms with Crippen molar-refractivity contribution in [3.63, 3.8) is 0 Å². The molecule has 0 amide bonds. The number of aromatic nitrogens is 2. The molecule has 0 bridgehead atoms. The van der Waals surface area contributed by atoms with E-state index in [9.17, 15) is 0 Å². The van der Waals surface area contributed by atoms with Gasteiger partial charge in [-0.25, -0.2) is 0 Å². The standard InChI is InChI=1S/C15H18ClN3OS/c1-3-10(2)19-8-7-11(18-19)9-20-13-6-4-5-12(16)14(13)15(17)21/h4-8,10H,3,9H2,1-2H3,(H2,17,21). The molecule has 2 aromatic rings. The molecule has 1 aromatic carbocycles. The van der Waals surface area contributed by atoms with Crippen LogP contribution in [0.15, 0.2) is 30.5 Å². The van der Waals surface area contributed by atoms with E-state index >= 15 is 0 Å². The van der Waals surface area contributed by atoms with Gasteiger partial charge in [-0.3, -0.25) is 4.68 Å². The van der Waals surface area contributed by atoms with Crippen LogP contribution < -0.4 is 10.5 Å². The molecule has 1 heterocycles. The lowest BCUT2D eigenvalue weighted by atomic mass is 10.2. The molecule has 0 radical (unpaired) electrons. The van der Waals surface area contributed by atoms with Gasteiger partial charge in [0.25, 0.3) is 0 Å². The molecule has 21 heavy (non-hydrogen) atoms. The van der Waals surface area contributed by atoms with E-state index in [4.69, 9.17) is 34.3 Å². The number of nitrogens with zero attached hydrogens (tertiary/aromatic N) is 2. The van der Waals surface area contributed by atoms with Crippen molar-refractivity contribution < 1.29 is 4.74 Å². The molecule has 1 aromatic heterocycles. The number of nitrogens with two attached hydrogens (primary N) is 1. The number of rotatable bonds is 6. The van der Waals surface area contributed by atoms with Crippen molar-refractivity contribution in [1.29, 1.82) is 0 Å². The fraction of sp³-hybridized carbons (Fsp3) is 0.333. The fourth-order valence-corrected chi connectivity index (χ4v) is 2.44. The Kier molecular flexibility index (Phi) is 5.20. The highest BCUT2D eigenvalue weighted by Gasteiger charge is 2.12. The smallest absolute Gasteiger partial charge is 0.132 e. The third kappa shape index (κ3) is 3.74. The van der Waals surface area contributed by atoms with Crippen LogP contribution in [0, 0.1) is 0 Å². The molecule has 0 aliphatic rings. The lowest BCUT2D eigenvalue weighted by molar-refractivity contribution is 0.297. The first-order chi connectivity index (χ1) is 10.0. The van der Waals surface area contributed by atoms with E-state index in [0.717, 1.165) is 12.1 Å². The van der Waals surface area contributed by atoms with Crippen LogP contribution >= 0.6 is 23.8 Å². The second kappa shape index (κ2) is 6.91. The Morgan fingerprint density at radius 1 is 1.48 bits per heavy atom. The van der Waals surface area contributed by atoms with Gasteiger partial charge in [-0.2, -0.15) is 5.10 Å². The Morgan fingerprint density at radius 2 is 2.24 bits per heavy atom. The van der Waals surface area contributed by atoms with Crippen LogP contribution in [0.5, 0.6) is 5.75 Å². The molecule has 0 fully saturated rings. The van der Waals surface area contributed by atoms with Gasteiger partial charge in [0.2, 0.25) is 0 Å². The van der Waals surface area contributed by atoms with Crippen LogP contribution in [-0.2, 0) is 6.61 Å². The number of thiocarbonyl (C=S) groups is 1. The van der Waals surface area contributed by atoms with Gasteiger partial charge in [-0.15, -0.1) is 0 Å². The number of benzene rings is 1. The Balaban J connectivity index is 2.12. The summed E-state index contributed by atoms with van der Waals surface area (Å²) in [6, 6.07) is 7.65. The quantitative estimate of drug-likeness (QED) is 0.823. The van der Waals surface area contributed by atoms with Gasteiger partial charge < -0.3 is 10.5 Å². The van der Waals surface area contributed by atoms with E-state index in [1.807, 2.05) is 16.9 Å². The molecule has 2 rings (SSSR count). The second-order valence-corrected chi connectivity index (χ2v) is 5.66. The lowest BCUT2D eigenvalue weighted by Crippen LogP contribution is -2.12. The predicted molar refractivity (Wildman–Crippen MR) is 88.9 cm³/mol. The number of ether oxygens (including phenoxy) is 1. The predicted octanol–water partition coefficient (Wildman–Crippen LogP) is 3.72. The van der Waals surface area contributed by atoms with Crippen LogP contribution in [-0.4, -0.2) is 14.8 Å². The van der Waals surface area contributed by atoms with Crippen molar-refractivity contribution in [2.45, 2.75) is 32.9 Å². The van der Waals surface area contributed by atoms with Crippen LogP contribution in [0.25, 0.3) is 0 Å². The van der Waals surface area contributed by atoms with E-state index in [0.29, 0.717) is 29.0 Å². The summed E-state index contributed by atoms with van der Waals surface area (Å²) in [5.74, 6) is 0.577. The van der Waals surface area contributed by atoms with Gasteiger partial charge in [0, 0.05) is 12.2 Å². The SMILES string of the molecule is CCC(C)n1ccc(COc2cccc(Cl)c2C(N)=S)n1. The highest BCUT2D eigenvalue weighted by Crippen LogP contribution is 2.27. The number of hydrogen-bond acceptors (Lipinski definition) is 3. The van der Waals surface area contributed by atoms with E-state index in [-0.39, 0.29) is 4.99 Å². The highest BCUT2D eigenvalue weighted by atomic mass is 35.5. The second-order valence-electron chi connectivity index (χ2n) is 4.81. The monoisotopic (exact) mass is 323 g/mol. The van der Waals surface area contributed by atoms with Crippen LogP contribution in [0.3, 0.4) is 0 Å². The molecule has 1 unspecified atom stereocenters. The van der Waals surface area contributed by atoms with Gasteiger partial charge in [0.05, 0.1) is 16.3 Å². The summed E-state index contributed by atoms with van der Waals surface area (Å²) < 4.78 is 7.70. The van der Waals surface area contributed by atoms with Gasteiger partial charge >= 0.3 is 0 Å². The van der Waals surface area contributed by atoms with Gasteiger partial charge in [-0.1, -0.05) is 36.8 Å². The van der Waals surface area contributed by atoms with Gasteiger partial charge in [-0.05, 0) is 31.5 Å². The minimum absolute atomic E-state index is 0.223. The van der Waals surface area contributed by atoms with Crippen LogP contribution in [0.2, 0.25) is 5.02 Å². The zero-order chi connectivity index (χ0) is 15.4. The van der Waals surface area contributed by atoms with E-state index in [1.54, 1.807) is 18.2 Å². The topological polar surface area (TPSA) is 53.1 Å². The largest absolute Gasteiger partial charge is 0.486 e. The van der Waals surface area contributed by atoms with E-state index < -0.39 is 0 Å². The van der Waals surface area contributed by atoms with Crippen molar-refractivity contribution in [1.82, 2.24) is 9.78 Å². The molecule has 2 N–H and O–H groups in total.